The number of carbonyl (C=O) groups is 2. The van der Waals surface area contributed by atoms with E-state index in [0.29, 0.717) is 37.5 Å². The van der Waals surface area contributed by atoms with Crippen molar-refractivity contribution in [2.75, 3.05) is 43.1 Å². The predicted molar refractivity (Wildman–Crippen MR) is 107 cm³/mol. The number of hydrogen-bond donors (Lipinski definition) is 1. The van der Waals surface area contributed by atoms with Crippen molar-refractivity contribution in [2.24, 2.45) is 0 Å². The summed E-state index contributed by atoms with van der Waals surface area (Å²) >= 11 is 0. The van der Waals surface area contributed by atoms with Crippen LogP contribution >= 0.6 is 0 Å². The molecule has 0 radical (unpaired) electrons. The number of benzene rings is 1. The molecule has 3 rings (SSSR count). The molecule has 7 heteroatoms. The van der Waals surface area contributed by atoms with Crippen LogP contribution in [-0.2, 0) is 20.7 Å². The van der Waals surface area contributed by atoms with Gasteiger partial charge in [-0.3, -0.25) is 4.79 Å². The van der Waals surface area contributed by atoms with E-state index in [2.05, 4.69) is 15.2 Å². The predicted octanol–water partition coefficient (Wildman–Crippen LogP) is 2.46. The Hall–Kier alpha value is -2.93. The van der Waals surface area contributed by atoms with E-state index in [1.807, 2.05) is 24.3 Å². The van der Waals surface area contributed by atoms with Gasteiger partial charge in [0.1, 0.15) is 17.4 Å². The first-order chi connectivity index (χ1) is 13.6. The Bertz CT molecular complexity index is 784. The Morgan fingerprint density at radius 2 is 1.89 bits per heavy atom. The van der Waals surface area contributed by atoms with E-state index in [-0.39, 0.29) is 18.3 Å². The van der Waals surface area contributed by atoms with Gasteiger partial charge in [-0.15, -0.1) is 0 Å². The number of ether oxygens (including phenoxy) is 2. The maximum atomic E-state index is 12.1. The number of pyridine rings is 1. The normalized spacial score (nSPS) is 13.8. The lowest BCUT2D eigenvalue weighted by atomic mass is 10.1. The minimum Gasteiger partial charge on any atom is -0.484 e. The van der Waals surface area contributed by atoms with E-state index >= 15 is 0 Å². The zero-order chi connectivity index (χ0) is 19.8. The fourth-order valence-corrected chi connectivity index (χ4v) is 2.86. The van der Waals surface area contributed by atoms with Gasteiger partial charge < -0.3 is 24.5 Å². The molecule has 1 aromatic carbocycles. The number of nitrogens with zero attached hydrogens (tertiary/aromatic N) is 2. The van der Waals surface area contributed by atoms with E-state index in [9.17, 15) is 9.59 Å². The second kappa shape index (κ2) is 9.85. The van der Waals surface area contributed by atoms with Crippen LogP contribution in [0.3, 0.4) is 0 Å². The summed E-state index contributed by atoms with van der Waals surface area (Å²) in [7, 11) is 0. The number of ketones is 1. The van der Waals surface area contributed by atoms with Gasteiger partial charge in [0.2, 0.25) is 0 Å². The number of aromatic nitrogens is 1. The van der Waals surface area contributed by atoms with E-state index in [0.717, 1.165) is 24.5 Å². The molecule has 1 aromatic heterocycles. The number of amides is 1. The van der Waals surface area contributed by atoms with Gasteiger partial charge in [0.05, 0.1) is 25.1 Å². The summed E-state index contributed by atoms with van der Waals surface area (Å²) in [6.07, 6.45) is 2.89. The molecule has 28 heavy (non-hydrogen) atoms. The quantitative estimate of drug-likeness (QED) is 0.754. The second-order valence-corrected chi connectivity index (χ2v) is 6.69. The Morgan fingerprint density at radius 3 is 2.54 bits per heavy atom. The van der Waals surface area contributed by atoms with Crippen molar-refractivity contribution in [3.05, 3.63) is 48.2 Å². The number of carbonyl (C=O) groups excluding carboxylic acids is 2. The average molecular weight is 383 g/mol. The first-order valence-electron chi connectivity index (χ1n) is 9.40. The summed E-state index contributed by atoms with van der Waals surface area (Å²) < 4.78 is 10.9. The first-order valence-corrected chi connectivity index (χ1v) is 9.40. The topological polar surface area (TPSA) is 80.8 Å². The number of morpholine rings is 1. The third kappa shape index (κ3) is 6.06. The highest BCUT2D eigenvalue weighted by atomic mass is 16.5. The molecule has 0 saturated carbocycles. The summed E-state index contributed by atoms with van der Waals surface area (Å²) in [6, 6.07) is 11.2. The summed E-state index contributed by atoms with van der Waals surface area (Å²) in [5, 5.41) is 2.78. The minimum atomic E-state index is -0.249. The monoisotopic (exact) mass is 383 g/mol. The number of rotatable bonds is 8. The number of nitrogens with one attached hydrogen (secondary N) is 1. The lowest BCUT2D eigenvalue weighted by Gasteiger charge is -2.27. The number of anilines is 2. The van der Waals surface area contributed by atoms with Gasteiger partial charge >= 0.3 is 0 Å². The van der Waals surface area contributed by atoms with Crippen LogP contribution in [0.15, 0.2) is 42.6 Å². The van der Waals surface area contributed by atoms with Gasteiger partial charge in [0.25, 0.3) is 5.91 Å². The standard InChI is InChI=1S/C21H25N3O4/c1-16(25)2-3-17-4-7-19(8-5-17)28-15-21(26)23-18-6-9-20(22-14-18)24-10-12-27-13-11-24/h4-9,14H,2-3,10-13,15H2,1H3,(H,23,26). The van der Waals surface area contributed by atoms with E-state index in [1.54, 1.807) is 25.3 Å². The molecular weight excluding hydrogens is 358 g/mol. The molecule has 1 aliphatic rings. The molecule has 0 spiro atoms. The van der Waals surface area contributed by atoms with Gasteiger partial charge in [-0.05, 0) is 43.2 Å². The molecule has 0 atom stereocenters. The van der Waals surface area contributed by atoms with Gasteiger partial charge in [-0.25, -0.2) is 4.98 Å². The van der Waals surface area contributed by atoms with Crippen LogP contribution < -0.4 is 15.0 Å². The summed E-state index contributed by atoms with van der Waals surface area (Å²) in [4.78, 5) is 29.7. The van der Waals surface area contributed by atoms with Crippen LogP contribution in [0, 0.1) is 0 Å². The van der Waals surface area contributed by atoms with Crippen LogP contribution in [0.1, 0.15) is 18.9 Å². The van der Waals surface area contributed by atoms with Gasteiger partial charge in [0.15, 0.2) is 6.61 Å². The molecule has 1 fully saturated rings. The summed E-state index contributed by atoms with van der Waals surface area (Å²) in [6.45, 7) is 4.55. The van der Waals surface area contributed by atoms with Gasteiger partial charge in [-0.1, -0.05) is 12.1 Å². The zero-order valence-corrected chi connectivity index (χ0v) is 16.0. The first kappa shape index (κ1) is 19.8. The van der Waals surface area contributed by atoms with Crippen LogP contribution in [0.25, 0.3) is 0 Å². The van der Waals surface area contributed by atoms with Crippen LogP contribution in [0.2, 0.25) is 0 Å². The minimum absolute atomic E-state index is 0.0853. The molecule has 148 valence electrons. The fraction of sp³-hybridized carbons (Fsp3) is 0.381. The maximum Gasteiger partial charge on any atom is 0.262 e. The zero-order valence-electron chi connectivity index (χ0n) is 16.0. The van der Waals surface area contributed by atoms with Crippen LogP contribution in [-0.4, -0.2) is 49.6 Å². The van der Waals surface area contributed by atoms with Crippen LogP contribution in [0.4, 0.5) is 11.5 Å². The molecule has 1 saturated heterocycles. The Labute approximate surface area is 164 Å². The Morgan fingerprint density at radius 1 is 1.14 bits per heavy atom. The van der Waals surface area contributed by atoms with Crippen molar-refractivity contribution in [1.82, 2.24) is 4.98 Å². The number of hydrogen-bond acceptors (Lipinski definition) is 6. The van der Waals surface area contributed by atoms with E-state index in [1.165, 1.54) is 0 Å². The number of aryl methyl sites for hydroxylation is 1. The molecule has 7 nitrogen and oxygen atoms in total. The lowest BCUT2D eigenvalue weighted by Crippen LogP contribution is -2.36. The molecule has 1 aliphatic heterocycles. The highest BCUT2D eigenvalue weighted by Gasteiger charge is 2.12. The summed E-state index contributed by atoms with van der Waals surface area (Å²) in [5.74, 6) is 1.41. The molecule has 0 bridgehead atoms. The van der Waals surface area contributed by atoms with E-state index in [4.69, 9.17) is 9.47 Å². The maximum absolute atomic E-state index is 12.1. The molecule has 1 N–H and O–H groups in total. The van der Waals surface area contributed by atoms with Gasteiger partial charge in [0, 0.05) is 19.5 Å². The smallest absolute Gasteiger partial charge is 0.262 e. The van der Waals surface area contributed by atoms with Crippen molar-refractivity contribution < 1.29 is 19.1 Å². The lowest BCUT2D eigenvalue weighted by molar-refractivity contribution is -0.118. The highest BCUT2D eigenvalue weighted by Crippen LogP contribution is 2.16. The number of Topliss-reactive ketones (excluding diaryl/α,β-unsaturated/α-hetero) is 1. The van der Waals surface area contributed by atoms with Crippen molar-refractivity contribution in [3.63, 3.8) is 0 Å². The molecular formula is C21H25N3O4. The molecule has 2 aromatic rings. The molecule has 1 amide bonds. The van der Waals surface area contributed by atoms with Crippen molar-refractivity contribution in [1.29, 1.82) is 0 Å². The molecule has 0 unspecified atom stereocenters. The largest absolute Gasteiger partial charge is 0.484 e. The van der Waals surface area contributed by atoms with Crippen LogP contribution in [0.5, 0.6) is 5.75 Å². The van der Waals surface area contributed by atoms with Crippen molar-refractivity contribution in [2.45, 2.75) is 19.8 Å². The average Bonchev–Trinajstić information content (AvgIpc) is 2.73. The fourth-order valence-electron chi connectivity index (χ4n) is 2.86. The SMILES string of the molecule is CC(=O)CCc1ccc(OCC(=O)Nc2ccc(N3CCOCC3)nc2)cc1. The van der Waals surface area contributed by atoms with Gasteiger partial charge in [-0.2, -0.15) is 0 Å². The Kier molecular flexibility index (Phi) is 6.97. The second-order valence-electron chi connectivity index (χ2n) is 6.69. The third-order valence-corrected chi connectivity index (χ3v) is 4.43. The molecule has 0 aliphatic carbocycles. The Balaban J connectivity index is 1.44. The highest BCUT2D eigenvalue weighted by molar-refractivity contribution is 5.91. The van der Waals surface area contributed by atoms with Crippen molar-refractivity contribution >= 4 is 23.2 Å². The van der Waals surface area contributed by atoms with E-state index < -0.39 is 0 Å². The summed E-state index contributed by atoms with van der Waals surface area (Å²) in [5.41, 5.74) is 1.70. The third-order valence-electron chi connectivity index (χ3n) is 4.43. The van der Waals surface area contributed by atoms with Crippen molar-refractivity contribution in [3.8, 4) is 5.75 Å². The molecule has 2 heterocycles.